The van der Waals surface area contributed by atoms with Crippen LogP contribution in [0.1, 0.15) is 26.7 Å². The Hall–Kier alpha value is -2.28. The predicted octanol–water partition coefficient (Wildman–Crippen LogP) is 6.10. The van der Waals surface area contributed by atoms with Crippen molar-refractivity contribution in [3.63, 3.8) is 0 Å². The van der Waals surface area contributed by atoms with E-state index in [1.54, 1.807) is 0 Å². The zero-order chi connectivity index (χ0) is 14.8. The minimum Gasteiger partial charge on any atom is -0.508 e. The van der Waals surface area contributed by atoms with E-state index in [2.05, 4.69) is 56.3 Å². The van der Waals surface area contributed by atoms with Crippen LogP contribution in [-0.4, -0.2) is 5.11 Å². The predicted molar refractivity (Wildman–Crippen MR) is 92.4 cm³/mol. The number of unbranched alkanes of at least 4 members (excludes halogenated alkanes) is 1. The van der Waals surface area contributed by atoms with Crippen molar-refractivity contribution < 1.29 is 5.11 Å². The standard InChI is InChI=1S/C16H10O.C4H10/c17-14-8-12-6-4-10-2-1-3-11-5-7-13(9-14)16(12)15(10)11;1-3-4-2/h1-9,17H;3-4H2,1-2H3. The first-order valence-corrected chi connectivity index (χ1v) is 7.61. The molecular formula is C20H20O. The molecule has 21 heavy (non-hydrogen) atoms. The van der Waals surface area contributed by atoms with E-state index in [1.165, 1.54) is 34.4 Å². The van der Waals surface area contributed by atoms with Crippen molar-refractivity contribution in [1.29, 1.82) is 0 Å². The zero-order valence-electron chi connectivity index (χ0n) is 12.6. The van der Waals surface area contributed by atoms with Gasteiger partial charge in [0.15, 0.2) is 0 Å². The SMILES string of the molecule is CCCC.Oc1cc2ccc3cccc4ccc(c1)c2c34. The van der Waals surface area contributed by atoms with Crippen molar-refractivity contribution in [2.75, 3.05) is 0 Å². The lowest BCUT2D eigenvalue weighted by Gasteiger charge is -2.10. The Morgan fingerprint density at radius 3 is 1.57 bits per heavy atom. The summed E-state index contributed by atoms with van der Waals surface area (Å²) in [4.78, 5) is 0. The first-order valence-electron chi connectivity index (χ1n) is 7.61. The molecule has 0 radical (unpaired) electrons. The van der Waals surface area contributed by atoms with Gasteiger partial charge in [0.25, 0.3) is 0 Å². The van der Waals surface area contributed by atoms with Crippen LogP contribution in [0.4, 0.5) is 0 Å². The second-order valence-electron chi connectivity index (χ2n) is 5.48. The van der Waals surface area contributed by atoms with Gasteiger partial charge in [-0.25, -0.2) is 0 Å². The molecule has 0 aromatic heterocycles. The van der Waals surface area contributed by atoms with Crippen LogP contribution < -0.4 is 0 Å². The van der Waals surface area contributed by atoms with Gasteiger partial charge in [-0.2, -0.15) is 0 Å². The van der Waals surface area contributed by atoms with Crippen LogP contribution in [0.15, 0.2) is 54.6 Å². The molecule has 1 heteroatoms. The lowest BCUT2D eigenvalue weighted by atomic mass is 9.94. The van der Waals surface area contributed by atoms with Gasteiger partial charge in [0, 0.05) is 0 Å². The monoisotopic (exact) mass is 276 g/mol. The third kappa shape index (κ3) is 2.40. The fraction of sp³-hybridized carbons (Fsp3) is 0.200. The number of rotatable bonds is 1. The molecule has 0 atom stereocenters. The summed E-state index contributed by atoms with van der Waals surface area (Å²) in [5.74, 6) is 0.330. The van der Waals surface area contributed by atoms with Crippen molar-refractivity contribution in [2.24, 2.45) is 0 Å². The number of hydrogen-bond acceptors (Lipinski definition) is 1. The van der Waals surface area contributed by atoms with Crippen LogP contribution in [0.2, 0.25) is 0 Å². The maximum atomic E-state index is 9.70. The second-order valence-corrected chi connectivity index (χ2v) is 5.48. The normalized spacial score (nSPS) is 11.0. The van der Waals surface area contributed by atoms with Gasteiger partial charge in [0.05, 0.1) is 0 Å². The van der Waals surface area contributed by atoms with Gasteiger partial charge in [-0.1, -0.05) is 69.2 Å². The fourth-order valence-corrected chi connectivity index (χ4v) is 2.74. The lowest BCUT2D eigenvalue weighted by molar-refractivity contribution is 0.477. The molecule has 0 saturated carbocycles. The van der Waals surface area contributed by atoms with E-state index in [-0.39, 0.29) is 0 Å². The van der Waals surface area contributed by atoms with Crippen LogP contribution in [0.25, 0.3) is 32.3 Å². The Bertz CT molecular complexity index is 811. The largest absolute Gasteiger partial charge is 0.508 e. The van der Waals surface area contributed by atoms with Gasteiger partial charge in [-0.3, -0.25) is 0 Å². The first-order chi connectivity index (χ1) is 10.2. The van der Waals surface area contributed by atoms with E-state index in [0.717, 1.165) is 10.8 Å². The molecule has 0 aliphatic rings. The minimum absolute atomic E-state index is 0.330. The van der Waals surface area contributed by atoms with Crippen molar-refractivity contribution in [3.8, 4) is 5.75 Å². The quantitative estimate of drug-likeness (QED) is 0.417. The molecule has 0 spiro atoms. The molecule has 0 aliphatic heterocycles. The van der Waals surface area contributed by atoms with Gasteiger partial charge in [-0.15, -0.1) is 0 Å². The second kappa shape index (κ2) is 5.61. The molecule has 0 fully saturated rings. The average Bonchev–Trinajstić information content (AvgIpc) is 2.52. The highest BCUT2D eigenvalue weighted by Gasteiger charge is 2.08. The Balaban J connectivity index is 0.000000298. The summed E-state index contributed by atoms with van der Waals surface area (Å²) in [6, 6.07) is 18.4. The number of benzene rings is 4. The molecule has 1 nitrogen and oxygen atoms in total. The minimum atomic E-state index is 0.330. The van der Waals surface area contributed by atoms with Crippen LogP contribution in [-0.2, 0) is 0 Å². The van der Waals surface area contributed by atoms with Gasteiger partial charge < -0.3 is 5.11 Å². The van der Waals surface area contributed by atoms with E-state index >= 15 is 0 Å². The summed E-state index contributed by atoms with van der Waals surface area (Å²) in [5.41, 5.74) is 0. The Kier molecular flexibility index (Phi) is 3.66. The van der Waals surface area contributed by atoms with Gasteiger partial charge in [0.2, 0.25) is 0 Å². The number of hydrogen-bond donors (Lipinski definition) is 1. The van der Waals surface area contributed by atoms with Gasteiger partial charge in [-0.05, 0) is 44.5 Å². The van der Waals surface area contributed by atoms with Crippen LogP contribution in [0.3, 0.4) is 0 Å². The summed E-state index contributed by atoms with van der Waals surface area (Å²) < 4.78 is 0. The molecule has 0 saturated heterocycles. The molecule has 4 aromatic carbocycles. The maximum Gasteiger partial charge on any atom is 0.116 e. The highest BCUT2D eigenvalue weighted by molar-refractivity contribution is 6.23. The summed E-state index contributed by atoms with van der Waals surface area (Å²) in [5, 5.41) is 17.0. The Morgan fingerprint density at radius 1 is 0.667 bits per heavy atom. The van der Waals surface area contributed by atoms with E-state index in [4.69, 9.17) is 0 Å². The van der Waals surface area contributed by atoms with Crippen LogP contribution in [0.5, 0.6) is 5.75 Å². The fourth-order valence-electron chi connectivity index (χ4n) is 2.74. The maximum absolute atomic E-state index is 9.70. The molecule has 4 aromatic rings. The number of phenols is 1. The van der Waals surface area contributed by atoms with E-state index in [9.17, 15) is 5.11 Å². The molecule has 0 heterocycles. The van der Waals surface area contributed by atoms with Crippen molar-refractivity contribution in [1.82, 2.24) is 0 Å². The van der Waals surface area contributed by atoms with Gasteiger partial charge >= 0.3 is 0 Å². The third-order valence-electron chi connectivity index (χ3n) is 3.95. The lowest BCUT2D eigenvalue weighted by Crippen LogP contribution is -1.83. The summed E-state index contributed by atoms with van der Waals surface area (Å²) in [7, 11) is 0. The average molecular weight is 276 g/mol. The molecule has 106 valence electrons. The summed E-state index contributed by atoms with van der Waals surface area (Å²) in [6.07, 6.45) is 2.64. The molecule has 0 bridgehead atoms. The molecular weight excluding hydrogens is 256 g/mol. The number of phenolic OH excluding ortho intramolecular Hbond substituents is 1. The number of aromatic hydroxyl groups is 1. The van der Waals surface area contributed by atoms with Crippen molar-refractivity contribution >= 4 is 32.3 Å². The Labute approximate surface area is 125 Å². The van der Waals surface area contributed by atoms with Crippen molar-refractivity contribution in [2.45, 2.75) is 26.7 Å². The van der Waals surface area contributed by atoms with Gasteiger partial charge in [0.1, 0.15) is 5.75 Å². The third-order valence-corrected chi connectivity index (χ3v) is 3.95. The smallest absolute Gasteiger partial charge is 0.116 e. The van der Waals surface area contributed by atoms with Crippen LogP contribution >= 0.6 is 0 Å². The molecule has 0 aliphatic carbocycles. The zero-order valence-corrected chi connectivity index (χ0v) is 12.6. The van der Waals surface area contributed by atoms with E-state index in [1.807, 2.05) is 12.1 Å². The topological polar surface area (TPSA) is 20.2 Å². The van der Waals surface area contributed by atoms with E-state index < -0.39 is 0 Å². The molecule has 0 amide bonds. The van der Waals surface area contributed by atoms with Crippen LogP contribution in [0, 0.1) is 0 Å². The summed E-state index contributed by atoms with van der Waals surface area (Å²) in [6.45, 7) is 4.36. The first kappa shape index (κ1) is 13.7. The molecule has 1 N–H and O–H groups in total. The Morgan fingerprint density at radius 2 is 1.10 bits per heavy atom. The summed E-state index contributed by atoms with van der Waals surface area (Å²) >= 11 is 0. The van der Waals surface area contributed by atoms with E-state index in [0.29, 0.717) is 5.75 Å². The highest BCUT2D eigenvalue weighted by Crippen LogP contribution is 2.36. The van der Waals surface area contributed by atoms with Crippen molar-refractivity contribution in [3.05, 3.63) is 54.6 Å². The highest BCUT2D eigenvalue weighted by atomic mass is 16.3. The molecule has 4 rings (SSSR count). The molecule has 0 unspecified atom stereocenters.